The van der Waals surface area contributed by atoms with Crippen LogP contribution in [-0.4, -0.2) is 41.6 Å². The quantitative estimate of drug-likeness (QED) is 0.527. The van der Waals surface area contributed by atoms with Crippen LogP contribution in [0.1, 0.15) is 68.2 Å². The zero-order chi connectivity index (χ0) is 24.2. The number of amides is 1. The van der Waals surface area contributed by atoms with E-state index in [2.05, 4.69) is 15.9 Å². The molecule has 1 aliphatic carbocycles. The second-order valence-electron chi connectivity index (χ2n) is 8.73. The molecule has 7 nitrogen and oxygen atoms in total. The molecule has 0 saturated heterocycles. The molecule has 0 radical (unpaired) electrons. The van der Waals surface area contributed by atoms with Gasteiger partial charge in [-0.15, -0.1) is 0 Å². The zero-order valence-corrected chi connectivity index (χ0v) is 19.7. The number of carbonyl (C=O) groups is 2. The van der Waals surface area contributed by atoms with E-state index in [0.717, 1.165) is 23.7 Å². The molecule has 0 bridgehead atoms. The van der Waals surface area contributed by atoms with Crippen molar-refractivity contribution in [3.8, 4) is 5.75 Å². The Kier molecular flexibility index (Phi) is 7.46. The van der Waals surface area contributed by atoms with Gasteiger partial charge in [-0.05, 0) is 44.9 Å². The molecule has 4 rings (SSSR count). The topological polar surface area (TPSA) is 77.3 Å². The van der Waals surface area contributed by atoms with E-state index in [-0.39, 0.29) is 17.3 Å². The van der Waals surface area contributed by atoms with Crippen LogP contribution in [0.25, 0.3) is 10.9 Å². The van der Waals surface area contributed by atoms with Crippen LogP contribution < -0.4 is 9.64 Å². The fraction of sp³-hybridized carbons (Fsp3) is 0.440. The van der Waals surface area contributed by atoms with E-state index < -0.39 is 5.67 Å². The highest BCUT2D eigenvalue weighted by Crippen LogP contribution is 2.35. The third-order valence-corrected chi connectivity index (χ3v) is 6.01. The summed E-state index contributed by atoms with van der Waals surface area (Å²) in [4.78, 5) is 26.9. The molecule has 33 heavy (non-hydrogen) atoms. The maximum absolute atomic E-state index is 14.3. The fourth-order valence-electron chi connectivity index (χ4n) is 4.18. The van der Waals surface area contributed by atoms with Gasteiger partial charge in [0.15, 0.2) is 0 Å². The number of aromatic nitrogens is 3. The van der Waals surface area contributed by atoms with Crippen LogP contribution in [0.2, 0.25) is 0 Å². The Balaban J connectivity index is 0.00000149. The van der Waals surface area contributed by atoms with Gasteiger partial charge in [-0.25, -0.2) is 9.37 Å². The number of anilines is 1. The molecule has 0 N–H and O–H groups in total. The molecule has 176 valence electrons. The summed E-state index contributed by atoms with van der Waals surface area (Å²) >= 11 is 0. The van der Waals surface area contributed by atoms with Crippen LogP contribution in [0.4, 0.5) is 10.1 Å². The second-order valence-corrected chi connectivity index (χ2v) is 8.73. The van der Waals surface area contributed by atoms with Crippen molar-refractivity contribution in [2.24, 2.45) is 0 Å². The number of hydrogen-bond donors (Lipinski definition) is 0. The van der Waals surface area contributed by atoms with Crippen LogP contribution in [-0.2, 0) is 10.5 Å². The number of rotatable bonds is 5. The molecule has 0 aliphatic heterocycles. The van der Waals surface area contributed by atoms with Crippen molar-refractivity contribution in [1.82, 2.24) is 14.8 Å². The summed E-state index contributed by atoms with van der Waals surface area (Å²) in [5, 5.41) is 5.72. The highest BCUT2D eigenvalue weighted by molar-refractivity contribution is 6.06. The van der Waals surface area contributed by atoms with Gasteiger partial charge >= 0.3 is 0 Å². The van der Waals surface area contributed by atoms with Crippen LogP contribution in [0, 0.1) is 0 Å². The van der Waals surface area contributed by atoms with Crippen molar-refractivity contribution in [1.29, 1.82) is 0 Å². The Morgan fingerprint density at radius 1 is 1.21 bits per heavy atom. The predicted octanol–water partition coefficient (Wildman–Crippen LogP) is 5.24. The lowest BCUT2D eigenvalue weighted by atomic mass is 9.96. The summed E-state index contributed by atoms with van der Waals surface area (Å²) in [5.41, 5.74) is 0.244. The summed E-state index contributed by atoms with van der Waals surface area (Å²) in [6.07, 6.45) is 8.09. The third-order valence-electron chi connectivity index (χ3n) is 6.01. The van der Waals surface area contributed by atoms with Gasteiger partial charge in [0.1, 0.15) is 23.9 Å². The van der Waals surface area contributed by atoms with Crippen LogP contribution >= 0.6 is 0 Å². The average molecular weight is 455 g/mol. The molecular weight excluding hydrogens is 423 g/mol. The van der Waals surface area contributed by atoms with Crippen LogP contribution in [0.5, 0.6) is 5.75 Å². The monoisotopic (exact) mass is 454 g/mol. The van der Waals surface area contributed by atoms with Crippen molar-refractivity contribution >= 4 is 29.3 Å². The predicted molar refractivity (Wildman–Crippen MR) is 127 cm³/mol. The largest absolute Gasteiger partial charge is 0.494 e. The average Bonchev–Trinajstić information content (AvgIpc) is 3.26. The molecule has 2 aromatic heterocycles. The van der Waals surface area contributed by atoms with Crippen molar-refractivity contribution in [3.63, 3.8) is 0 Å². The Morgan fingerprint density at radius 3 is 2.55 bits per heavy atom. The highest BCUT2D eigenvalue weighted by Gasteiger charge is 2.25. The number of benzene rings is 1. The van der Waals surface area contributed by atoms with Crippen molar-refractivity contribution < 1.29 is 18.7 Å². The molecule has 0 unspecified atom stereocenters. The van der Waals surface area contributed by atoms with E-state index in [1.807, 2.05) is 18.9 Å². The van der Waals surface area contributed by atoms with E-state index in [0.29, 0.717) is 17.5 Å². The standard InChI is InChI=1S/C24H29FN4O2.CH2O/c1-24(2,25)22-12-8-11-18(26-22)23(30)28(3)20-13-16-15-29(17-9-6-5-7-10-17)27-19(16)14-21(20)31-4;1-2/h8,11-15,17H,5-7,9-10H2,1-4H3;1H2. The van der Waals surface area contributed by atoms with Gasteiger partial charge in [-0.1, -0.05) is 25.3 Å². The molecule has 3 aromatic rings. The second kappa shape index (κ2) is 10.1. The number of carbonyl (C=O) groups excluding carboxylic acids is 2. The van der Waals surface area contributed by atoms with Gasteiger partial charge in [-0.3, -0.25) is 9.48 Å². The fourth-order valence-corrected chi connectivity index (χ4v) is 4.18. The Labute approximate surface area is 193 Å². The molecule has 8 heteroatoms. The van der Waals surface area contributed by atoms with E-state index in [4.69, 9.17) is 14.6 Å². The Morgan fingerprint density at radius 2 is 1.91 bits per heavy atom. The maximum atomic E-state index is 14.3. The lowest BCUT2D eigenvalue weighted by Crippen LogP contribution is -2.28. The van der Waals surface area contributed by atoms with E-state index >= 15 is 0 Å². The number of methoxy groups -OCH3 is 1. The van der Waals surface area contributed by atoms with Gasteiger partial charge in [0.05, 0.1) is 30.0 Å². The van der Waals surface area contributed by atoms with Gasteiger partial charge in [-0.2, -0.15) is 5.10 Å². The first kappa shape index (κ1) is 24.4. The number of ether oxygens (including phenoxy) is 1. The normalized spacial score (nSPS) is 14.5. The summed E-state index contributed by atoms with van der Waals surface area (Å²) in [6.45, 7) is 4.85. The summed E-state index contributed by atoms with van der Waals surface area (Å²) in [5.74, 6) is 0.225. The number of pyridine rings is 1. The van der Waals surface area contributed by atoms with Crippen molar-refractivity contribution in [3.05, 3.63) is 47.9 Å². The molecular formula is C25H31FN4O3. The molecule has 2 heterocycles. The minimum Gasteiger partial charge on any atom is -0.494 e. The van der Waals surface area contributed by atoms with Gasteiger partial charge in [0.25, 0.3) is 5.91 Å². The molecule has 1 saturated carbocycles. The summed E-state index contributed by atoms with van der Waals surface area (Å²) in [6, 6.07) is 9.04. The molecule has 0 atom stereocenters. The lowest BCUT2D eigenvalue weighted by molar-refractivity contribution is -0.0980. The van der Waals surface area contributed by atoms with Gasteiger partial charge in [0.2, 0.25) is 0 Å². The minimum atomic E-state index is -1.63. The summed E-state index contributed by atoms with van der Waals surface area (Å²) < 4.78 is 21.9. The maximum Gasteiger partial charge on any atom is 0.276 e. The van der Waals surface area contributed by atoms with E-state index in [1.165, 1.54) is 38.0 Å². The van der Waals surface area contributed by atoms with Crippen molar-refractivity contribution in [2.45, 2.75) is 57.7 Å². The number of fused-ring (bicyclic) bond motifs is 1. The van der Waals surface area contributed by atoms with E-state index in [1.54, 1.807) is 32.4 Å². The first-order chi connectivity index (χ1) is 15.8. The molecule has 1 aliphatic rings. The molecule has 1 fully saturated rings. The lowest BCUT2D eigenvalue weighted by Gasteiger charge is -2.21. The minimum absolute atomic E-state index is 0.186. The third kappa shape index (κ3) is 5.21. The number of hydrogen-bond acceptors (Lipinski definition) is 5. The molecule has 1 aromatic carbocycles. The van der Waals surface area contributed by atoms with Crippen LogP contribution in [0.3, 0.4) is 0 Å². The molecule has 1 amide bonds. The van der Waals surface area contributed by atoms with E-state index in [9.17, 15) is 9.18 Å². The Hall–Kier alpha value is -3.29. The number of nitrogens with zero attached hydrogens (tertiary/aromatic N) is 4. The van der Waals surface area contributed by atoms with Crippen LogP contribution in [0.15, 0.2) is 36.5 Å². The highest BCUT2D eigenvalue weighted by atomic mass is 19.1. The van der Waals surface area contributed by atoms with Gasteiger partial charge < -0.3 is 14.4 Å². The first-order valence-corrected chi connectivity index (χ1v) is 11.1. The first-order valence-electron chi connectivity index (χ1n) is 11.1. The number of halogens is 1. The zero-order valence-electron chi connectivity index (χ0n) is 19.7. The smallest absolute Gasteiger partial charge is 0.276 e. The Bertz CT molecular complexity index is 1120. The summed E-state index contributed by atoms with van der Waals surface area (Å²) in [7, 11) is 3.25. The van der Waals surface area contributed by atoms with Crippen molar-refractivity contribution in [2.75, 3.05) is 19.1 Å². The number of alkyl halides is 1. The van der Waals surface area contributed by atoms with Gasteiger partial charge in [0, 0.05) is 24.7 Å². The SMILES string of the molecule is C=O.COc1cc2nn(C3CCCCC3)cc2cc1N(C)C(=O)c1cccc(C(C)(C)F)n1. The molecule has 0 spiro atoms.